The zero-order valence-electron chi connectivity index (χ0n) is 12.5. The second-order valence-corrected chi connectivity index (χ2v) is 4.62. The highest BCUT2D eigenvalue weighted by atomic mass is 19.1. The van der Waals surface area contributed by atoms with Crippen LogP contribution < -0.4 is 10.6 Å². The van der Waals surface area contributed by atoms with Crippen molar-refractivity contribution >= 4 is 11.8 Å². The minimum atomic E-state index is -0.396. The molecule has 0 aromatic heterocycles. The fraction of sp³-hybridized carbons (Fsp3) is 0.111. The molecule has 0 saturated heterocycles. The molecular formula is C18H15FN2O2. The summed E-state index contributed by atoms with van der Waals surface area (Å²) in [6.45, 7) is 0.123. The number of rotatable bonds is 3. The Morgan fingerprint density at radius 3 is 2.43 bits per heavy atom. The average Bonchev–Trinajstić information content (AvgIpc) is 2.58. The van der Waals surface area contributed by atoms with E-state index < -0.39 is 5.82 Å². The maximum absolute atomic E-state index is 12.8. The summed E-state index contributed by atoms with van der Waals surface area (Å²) in [5, 5.41) is 5.17. The van der Waals surface area contributed by atoms with Gasteiger partial charge in [0.05, 0.1) is 12.1 Å². The fourth-order valence-electron chi connectivity index (χ4n) is 1.89. The molecule has 5 heteroatoms. The first kappa shape index (κ1) is 16.2. The summed E-state index contributed by atoms with van der Waals surface area (Å²) in [5.74, 6) is 4.71. The van der Waals surface area contributed by atoms with E-state index in [0.29, 0.717) is 16.7 Å². The molecule has 0 aliphatic rings. The third kappa shape index (κ3) is 4.42. The predicted octanol–water partition coefficient (Wildman–Crippen LogP) is 1.97. The van der Waals surface area contributed by atoms with Crippen molar-refractivity contribution in [3.63, 3.8) is 0 Å². The Bertz CT molecular complexity index is 774. The third-order valence-corrected chi connectivity index (χ3v) is 3.07. The summed E-state index contributed by atoms with van der Waals surface area (Å²) >= 11 is 0. The van der Waals surface area contributed by atoms with Crippen LogP contribution in [-0.4, -0.2) is 25.4 Å². The summed E-state index contributed by atoms with van der Waals surface area (Å²) in [6.07, 6.45) is 0. The molecule has 2 aromatic carbocycles. The molecule has 0 aliphatic carbocycles. The highest BCUT2D eigenvalue weighted by Gasteiger charge is 2.07. The van der Waals surface area contributed by atoms with E-state index in [2.05, 4.69) is 22.5 Å². The van der Waals surface area contributed by atoms with Crippen LogP contribution >= 0.6 is 0 Å². The first-order chi connectivity index (χ1) is 11.1. The van der Waals surface area contributed by atoms with Crippen LogP contribution in [0.1, 0.15) is 26.3 Å². The Hall–Kier alpha value is -3.13. The van der Waals surface area contributed by atoms with Gasteiger partial charge in [0.15, 0.2) is 0 Å². The van der Waals surface area contributed by atoms with Crippen LogP contribution in [0.4, 0.5) is 4.39 Å². The molecule has 0 bridgehead atoms. The highest BCUT2D eigenvalue weighted by Crippen LogP contribution is 2.06. The van der Waals surface area contributed by atoms with Gasteiger partial charge in [-0.2, -0.15) is 0 Å². The molecule has 0 fully saturated rings. The van der Waals surface area contributed by atoms with Gasteiger partial charge in [-0.15, -0.1) is 0 Å². The van der Waals surface area contributed by atoms with E-state index in [4.69, 9.17) is 0 Å². The minimum absolute atomic E-state index is 0.123. The van der Waals surface area contributed by atoms with E-state index in [9.17, 15) is 14.0 Å². The van der Waals surface area contributed by atoms with Crippen molar-refractivity contribution in [2.24, 2.45) is 0 Å². The summed E-state index contributed by atoms with van der Waals surface area (Å²) in [6, 6.07) is 12.2. The van der Waals surface area contributed by atoms with Gasteiger partial charge >= 0.3 is 0 Å². The zero-order chi connectivity index (χ0) is 16.7. The molecule has 0 unspecified atom stereocenters. The molecule has 2 rings (SSSR count). The monoisotopic (exact) mass is 310 g/mol. The lowest BCUT2D eigenvalue weighted by atomic mass is 10.1. The quantitative estimate of drug-likeness (QED) is 0.852. The summed E-state index contributed by atoms with van der Waals surface area (Å²) in [4.78, 5) is 23.5. The molecule has 23 heavy (non-hydrogen) atoms. The Balaban J connectivity index is 2.00. The van der Waals surface area contributed by atoms with Crippen LogP contribution in [0.25, 0.3) is 0 Å². The fourth-order valence-corrected chi connectivity index (χ4v) is 1.89. The third-order valence-electron chi connectivity index (χ3n) is 3.07. The highest BCUT2D eigenvalue weighted by molar-refractivity contribution is 5.96. The van der Waals surface area contributed by atoms with Crippen LogP contribution in [0.5, 0.6) is 0 Å². The summed E-state index contributed by atoms with van der Waals surface area (Å²) in [7, 11) is 1.55. The normalized spacial score (nSPS) is 9.48. The minimum Gasteiger partial charge on any atom is -0.355 e. The maximum Gasteiger partial charge on any atom is 0.252 e. The Morgan fingerprint density at radius 2 is 1.74 bits per heavy atom. The first-order valence-electron chi connectivity index (χ1n) is 6.95. The van der Waals surface area contributed by atoms with Gasteiger partial charge in [-0.25, -0.2) is 4.39 Å². The van der Waals surface area contributed by atoms with Gasteiger partial charge < -0.3 is 10.6 Å². The zero-order valence-corrected chi connectivity index (χ0v) is 12.5. The largest absolute Gasteiger partial charge is 0.355 e. The molecule has 2 aromatic rings. The van der Waals surface area contributed by atoms with E-state index in [1.54, 1.807) is 31.3 Å². The predicted molar refractivity (Wildman–Crippen MR) is 85.4 cm³/mol. The molecular weight excluding hydrogens is 295 g/mol. The number of hydrogen-bond donors (Lipinski definition) is 2. The molecule has 0 spiro atoms. The smallest absolute Gasteiger partial charge is 0.252 e. The second-order valence-electron chi connectivity index (χ2n) is 4.62. The molecule has 0 heterocycles. The van der Waals surface area contributed by atoms with Gasteiger partial charge in [-0.1, -0.05) is 24.0 Å². The Kier molecular flexibility index (Phi) is 5.48. The average molecular weight is 310 g/mol. The van der Waals surface area contributed by atoms with Crippen molar-refractivity contribution < 1.29 is 14.0 Å². The van der Waals surface area contributed by atoms with Gasteiger partial charge in [-0.3, -0.25) is 9.59 Å². The van der Waals surface area contributed by atoms with Crippen molar-refractivity contribution in [1.29, 1.82) is 0 Å². The molecule has 0 saturated carbocycles. The van der Waals surface area contributed by atoms with Gasteiger partial charge in [0.2, 0.25) is 0 Å². The van der Waals surface area contributed by atoms with Crippen molar-refractivity contribution in [1.82, 2.24) is 10.6 Å². The number of carbonyl (C=O) groups excluding carboxylic acids is 2. The SMILES string of the molecule is CNC(=O)c1ccccc1C#CCNC(=O)c1ccc(F)cc1. The second kappa shape index (κ2) is 7.76. The molecule has 116 valence electrons. The maximum atomic E-state index is 12.8. The number of carbonyl (C=O) groups is 2. The number of nitrogens with one attached hydrogen (secondary N) is 2. The van der Waals surface area contributed by atoms with Gasteiger partial charge in [0.1, 0.15) is 5.82 Å². The van der Waals surface area contributed by atoms with E-state index >= 15 is 0 Å². The lowest BCUT2D eigenvalue weighted by Gasteiger charge is -2.02. The number of benzene rings is 2. The van der Waals surface area contributed by atoms with E-state index in [0.717, 1.165) is 0 Å². The Morgan fingerprint density at radius 1 is 1.04 bits per heavy atom. The lowest BCUT2D eigenvalue weighted by molar-refractivity contribution is 0.0952. The first-order valence-corrected chi connectivity index (χ1v) is 6.95. The molecule has 2 N–H and O–H groups in total. The van der Waals surface area contributed by atoms with Gasteiger partial charge in [0.25, 0.3) is 11.8 Å². The van der Waals surface area contributed by atoms with Crippen molar-refractivity contribution in [2.75, 3.05) is 13.6 Å². The van der Waals surface area contributed by atoms with Crippen LogP contribution in [0.15, 0.2) is 48.5 Å². The van der Waals surface area contributed by atoms with Crippen LogP contribution in [0.3, 0.4) is 0 Å². The van der Waals surface area contributed by atoms with Crippen LogP contribution in [0.2, 0.25) is 0 Å². The van der Waals surface area contributed by atoms with Gasteiger partial charge in [-0.05, 0) is 36.4 Å². The topological polar surface area (TPSA) is 58.2 Å². The number of amides is 2. The lowest BCUT2D eigenvalue weighted by Crippen LogP contribution is -2.23. The molecule has 4 nitrogen and oxygen atoms in total. The van der Waals surface area contributed by atoms with Crippen LogP contribution in [0, 0.1) is 17.7 Å². The van der Waals surface area contributed by atoms with Crippen LogP contribution in [-0.2, 0) is 0 Å². The summed E-state index contributed by atoms with van der Waals surface area (Å²) in [5.41, 5.74) is 1.43. The summed E-state index contributed by atoms with van der Waals surface area (Å²) < 4.78 is 12.8. The molecule has 2 amide bonds. The van der Waals surface area contributed by atoms with E-state index in [1.807, 2.05) is 0 Å². The van der Waals surface area contributed by atoms with Crippen molar-refractivity contribution in [2.45, 2.75) is 0 Å². The molecule has 0 radical (unpaired) electrons. The molecule has 0 aliphatic heterocycles. The molecule has 0 atom stereocenters. The number of hydrogen-bond acceptors (Lipinski definition) is 2. The standard InChI is InChI=1S/C18H15FN2O2/c1-20-18(23)16-7-3-2-5-13(16)6-4-12-21-17(22)14-8-10-15(19)11-9-14/h2-3,5,7-11H,12H2,1H3,(H,20,23)(H,21,22). The van der Waals surface area contributed by atoms with Crippen molar-refractivity contribution in [3.8, 4) is 11.8 Å². The van der Waals surface area contributed by atoms with E-state index in [1.165, 1.54) is 24.3 Å². The van der Waals surface area contributed by atoms with Crippen molar-refractivity contribution in [3.05, 3.63) is 71.0 Å². The van der Waals surface area contributed by atoms with E-state index in [-0.39, 0.29) is 18.4 Å². The van der Waals surface area contributed by atoms with Gasteiger partial charge in [0, 0.05) is 18.2 Å². The number of halogens is 1. The Labute approximate surface area is 133 Å².